The minimum atomic E-state index is -3.01. The number of sulfone groups is 1. The molecule has 0 saturated carbocycles. The van der Waals surface area contributed by atoms with Gasteiger partial charge in [-0.15, -0.1) is 11.3 Å². The third kappa shape index (κ3) is 3.67. The summed E-state index contributed by atoms with van der Waals surface area (Å²) in [4.78, 5) is 18.8. The molecule has 0 radical (unpaired) electrons. The highest BCUT2D eigenvalue weighted by atomic mass is 32.2. The number of anilines is 1. The van der Waals surface area contributed by atoms with Crippen molar-refractivity contribution in [1.29, 1.82) is 0 Å². The average molecular weight is 409 g/mol. The summed E-state index contributed by atoms with van der Waals surface area (Å²) < 4.78 is 25.3. The molecule has 2 aromatic rings. The molecule has 0 spiro atoms. The van der Waals surface area contributed by atoms with Crippen LogP contribution in [0, 0.1) is 13.8 Å². The predicted octanol–water partition coefficient (Wildman–Crippen LogP) is 2.84. The van der Waals surface area contributed by atoms with Gasteiger partial charge in [-0.3, -0.25) is 14.8 Å². The SMILES string of the molecule is Cc1nn([C@H]2CCS(=O)(=O)C2)c(C)c1C(=O)Nc1nc2c(s1)CCCCC2. The summed E-state index contributed by atoms with van der Waals surface area (Å²) in [5.41, 5.74) is 2.97. The topological polar surface area (TPSA) is 94.0 Å². The van der Waals surface area contributed by atoms with Crippen LogP contribution in [-0.2, 0) is 22.7 Å². The predicted molar refractivity (Wildman–Crippen MR) is 105 cm³/mol. The Hall–Kier alpha value is -1.74. The van der Waals surface area contributed by atoms with Crippen LogP contribution in [0.15, 0.2) is 0 Å². The van der Waals surface area contributed by atoms with Gasteiger partial charge in [0.2, 0.25) is 0 Å². The van der Waals surface area contributed by atoms with Gasteiger partial charge in [0.25, 0.3) is 5.91 Å². The summed E-state index contributed by atoms with van der Waals surface area (Å²) in [5, 5.41) is 8.05. The van der Waals surface area contributed by atoms with Crippen LogP contribution in [0.5, 0.6) is 0 Å². The van der Waals surface area contributed by atoms with Crippen LogP contribution >= 0.6 is 11.3 Å². The maximum atomic E-state index is 12.9. The van der Waals surface area contributed by atoms with Crippen molar-refractivity contribution < 1.29 is 13.2 Å². The molecule has 7 nitrogen and oxygen atoms in total. The molecule has 1 amide bonds. The molecule has 0 bridgehead atoms. The molecule has 27 heavy (non-hydrogen) atoms. The van der Waals surface area contributed by atoms with Gasteiger partial charge in [0, 0.05) is 10.6 Å². The van der Waals surface area contributed by atoms with Gasteiger partial charge in [-0.2, -0.15) is 5.10 Å². The average Bonchev–Trinajstić information content (AvgIpc) is 3.18. The number of nitrogens with one attached hydrogen (secondary N) is 1. The van der Waals surface area contributed by atoms with Gasteiger partial charge >= 0.3 is 0 Å². The standard InChI is InChI=1S/C18H24N4O3S2/c1-11-16(12(2)22(21-11)13-8-9-27(24,25)10-13)17(23)20-18-19-14-6-4-3-5-7-15(14)26-18/h13H,3-10H2,1-2H3,(H,19,20,23)/t13-/m0/s1. The van der Waals surface area contributed by atoms with E-state index in [1.165, 1.54) is 17.7 Å². The van der Waals surface area contributed by atoms with Gasteiger partial charge in [0.15, 0.2) is 15.0 Å². The fourth-order valence-electron chi connectivity index (χ4n) is 4.06. The highest BCUT2D eigenvalue weighted by molar-refractivity contribution is 7.91. The normalized spacial score (nSPS) is 21.6. The lowest BCUT2D eigenvalue weighted by molar-refractivity contribution is 0.102. The van der Waals surface area contributed by atoms with E-state index in [9.17, 15) is 13.2 Å². The molecule has 3 heterocycles. The third-order valence-electron chi connectivity index (χ3n) is 5.42. The quantitative estimate of drug-likeness (QED) is 0.788. The van der Waals surface area contributed by atoms with E-state index in [-0.39, 0.29) is 23.5 Å². The molecule has 1 fully saturated rings. The van der Waals surface area contributed by atoms with Gasteiger partial charge in [-0.25, -0.2) is 13.4 Å². The highest BCUT2D eigenvalue weighted by Crippen LogP contribution is 2.30. The number of nitrogens with zero attached hydrogens (tertiary/aromatic N) is 3. The fraction of sp³-hybridized carbons (Fsp3) is 0.611. The molecule has 2 aromatic heterocycles. The van der Waals surface area contributed by atoms with Crippen molar-refractivity contribution in [2.45, 2.75) is 58.4 Å². The molecule has 1 saturated heterocycles. The second-order valence-corrected chi connectivity index (χ2v) is 10.8. The molecule has 9 heteroatoms. The molecule has 0 unspecified atom stereocenters. The first kappa shape index (κ1) is 18.6. The molecule has 1 N–H and O–H groups in total. The van der Waals surface area contributed by atoms with E-state index in [1.807, 2.05) is 6.92 Å². The van der Waals surface area contributed by atoms with Crippen LogP contribution in [-0.4, -0.2) is 40.6 Å². The Labute approximate surface area is 163 Å². The van der Waals surface area contributed by atoms with Crippen molar-refractivity contribution in [3.8, 4) is 0 Å². The smallest absolute Gasteiger partial charge is 0.261 e. The van der Waals surface area contributed by atoms with E-state index < -0.39 is 9.84 Å². The molecular formula is C18H24N4O3S2. The van der Waals surface area contributed by atoms with Gasteiger partial charge < -0.3 is 0 Å². The largest absolute Gasteiger partial charge is 0.298 e. The summed E-state index contributed by atoms with van der Waals surface area (Å²) in [6.45, 7) is 3.62. The number of aromatic nitrogens is 3. The number of hydrogen-bond acceptors (Lipinski definition) is 6. The number of thiazole rings is 1. The monoisotopic (exact) mass is 408 g/mol. The van der Waals surface area contributed by atoms with Crippen LogP contribution in [0.4, 0.5) is 5.13 Å². The van der Waals surface area contributed by atoms with Gasteiger partial charge in [0.05, 0.1) is 34.5 Å². The van der Waals surface area contributed by atoms with Crippen LogP contribution < -0.4 is 5.32 Å². The van der Waals surface area contributed by atoms with Crippen molar-refractivity contribution in [2.24, 2.45) is 0 Å². The second-order valence-electron chi connectivity index (χ2n) is 7.45. The Morgan fingerprint density at radius 1 is 1.22 bits per heavy atom. The molecule has 1 aliphatic carbocycles. The summed E-state index contributed by atoms with van der Waals surface area (Å²) in [6, 6.07) is -0.189. The number of carbonyl (C=O) groups excluding carboxylic acids is 1. The third-order valence-corrected chi connectivity index (χ3v) is 8.25. The number of amides is 1. The minimum Gasteiger partial charge on any atom is -0.298 e. The molecule has 0 aromatic carbocycles. The fourth-order valence-corrected chi connectivity index (χ4v) is 6.79. The molecule has 1 atom stereocenters. The Morgan fingerprint density at radius 3 is 2.74 bits per heavy atom. The first-order chi connectivity index (χ1) is 12.8. The highest BCUT2D eigenvalue weighted by Gasteiger charge is 2.32. The second kappa shape index (κ2) is 7.01. The van der Waals surface area contributed by atoms with E-state index in [2.05, 4.69) is 15.4 Å². The van der Waals surface area contributed by atoms with E-state index >= 15 is 0 Å². The van der Waals surface area contributed by atoms with Crippen molar-refractivity contribution >= 4 is 32.2 Å². The van der Waals surface area contributed by atoms with E-state index in [1.54, 1.807) is 22.9 Å². The summed E-state index contributed by atoms with van der Waals surface area (Å²) >= 11 is 1.57. The lowest BCUT2D eigenvalue weighted by Crippen LogP contribution is -2.16. The summed E-state index contributed by atoms with van der Waals surface area (Å²) in [5.74, 6) is 0.0539. The Bertz CT molecular complexity index is 967. The van der Waals surface area contributed by atoms with Crippen LogP contribution in [0.25, 0.3) is 0 Å². The van der Waals surface area contributed by atoms with Crippen LogP contribution in [0.1, 0.15) is 64.0 Å². The maximum absolute atomic E-state index is 12.9. The van der Waals surface area contributed by atoms with Crippen molar-refractivity contribution in [3.05, 3.63) is 27.5 Å². The number of hydrogen-bond donors (Lipinski definition) is 1. The number of aryl methyl sites for hydroxylation is 3. The molecule has 2 aliphatic rings. The lowest BCUT2D eigenvalue weighted by atomic mass is 10.1. The zero-order chi connectivity index (χ0) is 19.2. The Morgan fingerprint density at radius 2 is 2.00 bits per heavy atom. The van der Waals surface area contributed by atoms with Crippen LogP contribution in [0.3, 0.4) is 0 Å². The molecular weight excluding hydrogens is 384 g/mol. The maximum Gasteiger partial charge on any atom is 0.261 e. The van der Waals surface area contributed by atoms with Gasteiger partial charge in [-0.05, 0) is 46.0 Å². The first-order valence-electron chi connectivity index (χ1n) is 9.40. The van der Waals surface area contributed by atoms with Crippen molar-refractivity contribution in [1.82, 2.24) is 14.8 Å². The van der Waals surface area contributed by atoms with E-state index in [4.69, 9.17) is 0 Å². The summed E-state index contributed by atoms with van der Waals surface area (Å²) in [6.07, 6.45) is 6.13. The van der Waals surface area contributed by atoms with Crippen molar-refractivity contribution in [2.75, 3.05) is 16.8 Å². The zero-order valence-electron chi connectivity index (χ0n) is 15.6. The number of carbonyl (C=O) groups is 1. The van der Waals surface area contributed by atoms with E-state index in [0.717, 1.165) is 25.0 Å². The van der Waals surface area contributed by atoms with E-state index in [0.29, 0.717) is 28.5 Å². The first-order valence-corrected chi connectivity index (χ1v) is 12.0. The Balaban J connectivity index is 1.56. The van der Waals surface area contributed by atoms with Gasteiger partial charge in [-0.1, -0.05) is 6.42 Å². The number of fused-ring (bicyclic) bond motifs is 1. The molecule has 1 aliphatic heterocycles. The zero-order valence-corrected chi connectivity index (χ0v) is 17.3. The van der Waals surface area contributed by atoms with Gasteiger partial charge in [0.1, 0.15) is 0 Å². The Kier molecular flexibility index (Phi) is 4.84. The molecule has 146 valence electrons. The van der Waals surface area contributed by atoms with Crippen LogP contribution in [0.2, 0.25) is 0 Å². The lowest BCUT2D eigenvalue weighted by Gasteiger charge is -2.11. The van der Waals surface area contributed by atoms with Crippen molar-refractivity contribution in [3.63, 3.8) is 0 Å². The number of rotatable bonds is 3. The summed E-state index contributed by atoms with van der Waals surface area (Å²) in [7, 11) is -3.01. The minimum absolute atomic E-state index is 0.0925. The molecule has 4 rings (SSSR count).